The fourth-order valence-corrected chi connectivity index (χ4v) is 2.26. The molecule has 0 aliphatic heterocycles. The van der Waals surface area contributed by atoms with E-state index in [2.05, 4.69) is 9.97 Å². The summed E-state index contributed by atoms with van der Waals surface area (Å²) in [6.07, 6.45) is -0.283. The maximum absolute atomic E-state index is 9.39. The highest BCUT2D eigenvalue weighted by molar-refractivity contribution is 7.99. The summed E-state index contributed by atoms with van der Waals surface area (Å²) in [6.45, 7) is 3.84. The van der Waals surface area contributed by atoms with Crippen molar-refractivity contribution in [3.63, 3.8) is 0 Å². The minimum atomic E-state index is -0.283. The quantitative estimate of drug-likeness (QED) is 0.857. The number of para-hydroxylation sites is 2. The molecule has 0 spiro atoms. The van der Waals surface area contributed by atoms with Crippen LogP contribution in [0.4, 0.5) is 0 Å². The Bertz CT molecular complexity index is 434. The molecule has 2 atom stereocenters. The highest BCUT2D eigenvalue weighted by Gasteiger charge is 2.10. The number of hydrogen-bond donors (Lipinski definition) is 2. The van der Waals surface area contributed by atoms with Crippen LogP contribution in [0, 0.1) is 0 Å². The van der Waals surface area contributed by atoms with Gasteiger partial charge in [-0.2, -0.15) is 0 Å². The Kier molecular flexibility index (Phi) is 3.51. The average molecular weight is 236 g/mol. The summed E-state index contributed by atoms with van der Waals surface area (Å²) in [4.78, 5) is 7.76. The first-order chi connectivity index (χ1) is 7.66. The van der Waals surface area contributed by atoms with Gasteiger partial charge >= 0.3 is 0 Å². The van der Waals surface area contributed by atoms with Crippen molar-refractivity contribution in [2.45, 2.75) is 31.0 Å². The minimum Gasteiger partial charge on any atom is -0.392 e. The molecule has 2 N–H and O–H groups in total. The Balaban J connectivity index is 2.05. The topological polar surface area (TPSA) is 48.9 Å². The predicted molar refractivity (Wildman–Crippen MR) is 68.5 cm³/mol. The van der Waals surface area contributed by atoms with Crippen LogP contribution in [0.5, 0.6) is 0 Å². The van der Waals surface area contributed by atoms with Crippen molar-refractivity contribution >= 4 is 22.8 Å². The number of imidazole rings is 1. The van der Waals surface area contributed by atoms with Gasteiger partial charge in [-0.15, -0.1) is 11.8 Å². The fourth-order valence-electron chi connectivity index (χ4n) is 1.42. The first-order valence-electron chi connectivity index (χ1n) is 5.40. The van der Waals surface area contributed by atoms with Gasteiger partial charge in [-0.25, -0.2) is 4.98 Å². The number of aliphatic hydroxyl groups is 1. The van der Waals surface area contributed by atoms with Crippen LogP contribution in [0.1, 0.15) is 19.7 Å². The number of aromatic nitrogens is 2. The number of fused-ring (bicyclic) bond motifs is 1. The van der Waals surface area contributed by atoms with Gasteiger partial charge in [-0.1, -0.05) is 19.1 Å². The van der Waals surface area contributed by atoms with E-state index >= 15 is 0 Å². The number of aliphatic hydroxyl groups excluding tert-OH is 1. The Labute approximate surface area is 99.3 Å². The zero-order chi connectivity index (χ0) is 11.5. The monoisotopic (exact) mass is 236 g/mol. The van der Waals surface area contributed by atoms with E-state index in [0.29, 0.717) is 0 Å². The van der Waals surface area contributed by atoms with Crippen LogP contribution >= 0.6 is 11.8 Å². The second kappa shape index (κ2) is 4.89. The van der Waals surface area contributed by atoms with E-state index < -0.39 is 0 Å². The number of nitrogens with one attached hydrogen (secondary N) is 1. The van der Waals surface area contributed by atoms with Crippen LogP contribution in [-0.4, -0.2) is 26.4 Å². The molecule has 2 unspecified atom stereocenters. The lowest BCUT2D eigenvalue weighted by molar-refractivity contribution is 0.196. The number of hydrogen-bond acceptors (Lipinski definition) is 3. The molecule has 3 nitrogen and oxygen atoms in total. The van der Waals surface area contributed by atoms with Gasteiger partial charge in [-0.3, -0.25) is 0 Å². The summed E-state index contributed by atoms with van der Waals surface area (Å²) in [5.41, 5.74) is 2.07. The van der Waals surface area contributed by atoms with Crippen LogP contribution in [0.2, 0.25) is 0 Å². The predicted octanol–water partition coefficient (Wildman–Crippen LogP) is 2.57. The summed E-state index contributed by atoms with van der Waals surface area (Å²) in [5, 5.41) is 9.62. The lowest BCUT2D eigenvalue weighted by atomic mass is 10.3. The molecule has 0 saturated carbocycles. The normalized spacial score (nSPS) is 15.2. The lowest BCUT2D eigenvalue weighted by Crippen LogP contribution is -2.15. The molecule has 0 fully saturated rings. The molecule has 86 valence electrons. The molecule has 2 aromatic rings. The smallest absolute Gasteiger partial charge is 0.117 e. The zero-order valence-corrected chi connectivity index (χ0v) is 10.3. The molecule has 1 aromatic carbocycles. The first kappa shape index (κ1) is 11.5. The van der Waals surface area contributed by atoms with Gasteiger partial charge in [0.05, 0.1) is 22.9 Å². The van der Waals surface area contributed by atoms with Gasteiger partial charge in [0.15, 0.2) is 0 Å². The van der Waals surface area contributed by atoms with Crippen molar-refractivity contribution < 1.29 is 5.11 Å². The Morgan fingerprint density at radius 3 is 2.81 bits per heavy atom. The molecule has 1 aromatic heterocycles. The van der Waals surface area contributed by atoms with Crippen molar-refractivity contribution in [1.82, 2.24) is 9.97 Å². The lowest BCUT2D eigenvalue weighted by Gasteiger charge is -2.12. The second-order valence-corrected chi connectivity index (χ2v) is 5.32. The van der Waals surface area contributed by atoms with Crippen molar-refractivity contribution in [3.8, 4) is 0 Å². The Hall–Kier alpha value is -1.00. The minimum absolute atomic E-state index is 0.230. The van der Waals surface area contributed by atoms with Crippen LogP contribution in [-0.2, 0) is 5.75 Å². The van der Waals surface area contributed by atoms with Crippen LogP contribution in [0.15, 0.2) is 24.3 Å². The highest BCUT2D eigenvalue weighted by Crippen LogP contribution is 2.20. The van der Waals surface area contributed by atoms with Crippen LogP contribution in [0.25, 0.3) is 11.0 Å². The van der Waals surface area contributed by atoms with Gasteiger partial charge in [0.1, 0.15) is 5.82 Å². The van der Waals surface area contributed by atoms with E-state index in [-0.39, 0.29) is 11.4 Å². The van der Waals surface area contributed by atoms with Gasteiger partial charge in [-0.05, 0) is 19.1 Å². The van der Waals surface area contributed by atoms with Gasteiger partial charge in [0.25, 0.3) is 0 Å². The third kappa shape index (κ3) is 2.57. The number of H-pyrrole nitrogens is 1. The SMILES string of the molecule is CC(O)C(C)SCc1nc2ccccc2[nH]1. The third-order valence-electron chi connectivity index (χ3n) is 2.60. The van der Waals surface area contributed by atoms with Gasteiger partial charge < -0.3 is 10.1 Å². The van der Waals surface area contributed by atoms with Crippen LogP contribution < -0.4 is 0 Å². The van der Waals surface area contributed by atoms with E-state index in [1.54, 1.807) is 11.8 Å². The Morgan fingerprint density at radius 2 is 2.12 bits per heavy atom. The van der Waals surface area contributed by atoms with Gasteiger partial charge in [0, 0.05) is 5.25 Å². The number of nitrogens with zero attached hydrogens (tertiary/aromatic N) is 1. The van der Waals surface area contributed by atoms with E-state index in [4.69, 9.17) is 0 Å². The van der Waals surface area contributed by atoms with Crippen molar-refractivity contribution in [2.24, 2.45) is 0 Å². The Morgan fingerprint density at radius 1 is 1.38 bits per heavy atom. The van der Waals surface area contributed by atoms with Crippen molar-refractivity contribution in [1.29, 1.82) is 0 Å². The van der Waals surface area contributed by atoms with E-state index in [0.717, 1.165) is 22.6 Å². The third-order valence-corrected chi connectivity index (χ3v) is 3.96. The molecule has 2 rings (SSSR count). The maximum Gasteiger partial charge on any atom is 0.117 e. The molecular formula is C12H16N2OS. The zero-order valence-electron chi connectivity index (χ0n) is 9.47. The molecule has 1 heterocycles. The summed E-state index contributed by atoms with van der Waals surface area (Å²) in [6, 6.07) is 8.00. The van der Waals surface area contributed by atoms with E-state index in [1.807, 2.05) is 38.1 Å². The summed E-state index contributed by atoms with van der Waals surface area (Å²) in [7, 11) is 0. The number of aromatic amines is 1. The molecule has 0 aliphatic rings. The highest BCUT2D eigenvalue weighted by atomic mass is 32.2. The first-order valence-corrected chi connectivity index (χ1v) is 6.45. The molecule has 0 bridgehead atoms. The second-order valence-electron chi connectivity index (χ2n) is 3.96. The fraction of sp³-hybridized carbons (Fsp3) is 0.417. The maximum atomic E-state index is 9.39. The van der Waals surface area contributed by atoms with E-state index in [1.165, 1.54) is 0 Å². The van der Waals surface area contributed by atoms with Crippen molar-refractivity contribution in [3.05, 3.63) is 30.1 Å². The summed E-state index contributed by atoms with van der Waals surface area (Å²) >= 11 is 1.71. The summed E-state index contributed by atoms with van der Waals surface area (Å²) < 4.78 is 0. The largest absolute Gasteiger partial charge is 0.392 e. The van der Waals surface area contributed by atoms with E-state index in [9.17, 15) is 5.11 Å². The molecule has 4 heteroatoms. The van der Waals surface area contributed by atoms with Crippen LogP contribution in [0.3, 0.4) is 0 Å². The molecule has 0 aliphatic carbocycles. The van der Waals surface area contributed by atoms with Crippen molar-refractivity contribution in [2.75, 3.05) is 0 Å². The molecule has 0 saturated heterocycles. The standard InChI is InChI=1S/C12H16N2OS/c1-8(15)9(2)16-7-12-13-10-5-3-4-6-11(10)14-12/h3-6,8-9,15H,7H2,1-2H3,(H,13,14). The number of rotatable bonds is 4. The van der Waals surface area contributed by atoms with Gasteiger partial charge in [0.2, 0.25) is 0 Å². The molecule has 0 amide bonds. The molecule has 16 heavy (non-hydrogen) atoms. The number of benzene rings is 1. The number of thioether (sulfide) groups is 1. The summed E-state index contributed by atoms with van der Waals surface area (Å²) in [5.74, 6) is 1.78. The molecular weight excluding hydrogens is 220 g/mol. The molecule has 0 radical (unpaired) electrons. The average Bonchev–Trinajstić information content (AvgIpc) is 2.68.